The third kappa shape index (κ3) is 1.96. The van der Waals surface area contributed by atoms with Gasteiger partial charge in [0.05, 0.1) is 12.7 Å². The van der Waals surface area contributed by atoms with Crippen LogP contribution in [0.3, 0.4) is 0 Å². The van der Waals surface area contributed by atoms with Crippen LogP contribution in [0.4, 0.5) is 0 Å². The van der Waals surface area contributed by atoms with E-state index < -0.39 is 0 Å². The molecule has 0 amide bonds. The summed E-state index contributed by atoms with van der Waals surface area (Å²) in [5, 5.41) is 0. The standard InChI is InChI=1S/C11H11BrN2O/c1-7-8(3-2-4-9(7)12)10-6-14-11(5-13)15-10/h2-4,6H,5,13H2,1H3. The number of hydrogen-bond donors (Lipinski definition) is 1. The smallest absolute Gasteiger partial charge is 0.208 e. The molecule has 1 heterocycles. The highest BCUT2D eigenvalue weighted by Crippen LogP contribution is 2.28. The van der Waals surface area contributed by atoms with Gasteiger partial charge in [-0.25, -0.2) is 4.98 Å². The van der Waals surface area contributed by atoms with Crippen LogP contribution in [0.5, 0.6) is 0 Å². The summed E-state index contributed by atoms with van der Waals surface area (Å²) >= 11 is 3.48. The molecule has 0 unspecified atom stereocenters. The number of aromatic nitrogens is 1. The zero-order valence-electron chi connectivity index (χ0n) is 8.33. The Hall–Kier alpha value is -1.13. The predicted octanol–water partition coefficient (Wildman–Crippen LogP) is 2.87. The molecule has 1 aromatic heterocycles. The van der Waals surface area contributed by atoms with E-state index >= 15 is 0 Å². The number of benzene rings is 1. The van der Waals surface area contributed by atoms with Crippen LogP contribution in [0.25, 0.3) is 11.3 Å². The van der Waals surface area contributed by atoms with Gasteiger partial charge in [0.25, 0.3) is 0 Å². The highest BCUT2D eigenvalue weighted by molar-refractivity contribution is 9.10. The van der Waals surface area contributed by atoms with Crippen LogP contribution in [-0.4, -0.2) is 4.98 Å². The summed E-state index contributed by atoms with van der Waals surface area (Å²) in [6, 6.07) is 5.97. The molecule has 0 bridgehead atoms. The third-order valence-electron chi connectivity index (χ3n) is 2.26. The Morgan fingerprint density at radius 1 is 1.47 bits per heavy atom. The second-order valence-corrected chi connectivity index (χ2v) is 4.09. The van der Waals surface area contributed by atoms with E-state index in [-0.39, 0.29) is 0 Å². The van der Waals surface area contributed by atoms with Gasteiger partial charge in [0.1, 0.15) is 0 Å². The maximum atomic E-state index is 5.50. The Balaban J connectivity index is 2.49. The Kier molecular flexibility index (Phi) is 2.88. The van der Waals surface area contributed by atoms with Gasteiger partial charge in [-0.05, 0) is 18.6 Å². The molecule has 0 spiro atoms. The number of hydrogen-bond acceptors (Lipinski definition) is 3. The van der Waals surface area contributed by atoms with Gasteiger partial charge in [-0.2, -0.15) is 0 Å². The van der Waals surface area contributed by atoms with Crippen molar-refractivity contribution in [1.29, 1.82) is 0 Å². The largest absolute Gasteiger partial charge is 0.439 e. The van der Waals surface area contributed by atoms with Gasteiger partial charge in [-0.3, -0.25) is 0 Å². The lowest BCUT2D eigenvalue weighted by Gasteiger charge is -2.03. The summed E-state index contributed by atoms with van der Waals surface area (Å²) < 4.78 is 6.56. The van der Waals surface area contributed by atoms with E-state index in [1.165, 1.54) is 0 Å². The summed E-state index contributed by atoms with van der Waals surface area (Å²) in [7, 11) is 0. The van der Waals surface area contributed by atoms with Crippen molar-refractivity contribution >= 4 is 15.9 Å². The first-order valence-corrected chi connectivity index (χ1v) is 5.42. The molecule has 0 atom stereocenters. The minimum Gasteiger partial charge on any atom is -0.439 e. The highest BCUT2D eigenvalue weighted by Gasteiger charge is 2.09. The fourth-order valence-electron chi connectivity index (χ4n) is 1.40. The molecule has 2 N–H and O–H groups in total. The number of oxazole rings is 1. The van der Waals surface area contributed by atoms with Crippen LogP contribution < -0.4 is 5.73 Å². The van der Waals surface area contributed by atoms with Crippen molar-refractivity contribution in [3.05, 3.63) is 40.3 Å². The van der Waals surface area contributed by atoms with E-state index in [1.54, 1.807) is 6.20 Å². The topological polar surface area (TPSA) is 52.0 Å². The number of rotatable bonds is 2. The van der Waals surface area contributed by atoms with Gasteiger partial charge in [-0.1, -0.05) is 28.1 Å². The molecule has 15 heavy (non-hydrogen) atoms. The molecular weight excluding hydrogens is 256 g/mol. The van der Waals surface area contributed by atoms with Crippen molar-refractivity contribution in [2.45, 2.75) is 13.5 Å². The van der Waals surface area contributed by atoms with Gasteiger partial charge >= 0.3 is 0 Å². The SMILES string of the molecule is Cc1c(Br)cccc1-c1cnc(CN)o1. The average molecular weight is 267 g/mol. The number of halogens is 1. The molecule has 0 aliphatic heterocycles. The molecule has 3 nitrogen and oxygen atoms in total. The van der Waals surface area contributed by atoms with Crippen LogP contribution in [-0.2, 0) is 6.54 Å². The molecule has 0 saturated carbocycles. The van der Waals surface area contributed by atoms with Crippen LogP contribution >= 0.6 is 15.9 Å². The average Bonchev–Trinajstić information content (AvgIpc) is 2.70. The van der Waals surface area contributed by atoms with Gasteiger partial charge in [-0.15, -0.1) is 0 Å². The third-order valence-corrected chi connectivity index (χ3v) is 3.12. The Bertz CT molecular complexity index is 479. The van der Waals surface area contributed by atoms with Crippen molar-refractivity contribution in [2.75, 3.05) is 0 Å². The molecule has 0 fully saturated rings. The molecule has 78 valence electrons. The van der Waals surface area contributed by atoms with Gasteiger partial charge in [0.15, 0.2) is 5.76 Å². The van der Waals surface area contributed by atoms with E-state index in [0.717, 1.165) is 21.4 Å². The quantitative estimate of drug-likeness (QED) is 0.910. The molecule has 2 rings (SSSR count). The van der Waals surface area contributed by atoms with Crippen molar-refractivity contribution in [1.82, 2.24) is 4.98 Å². The van der Waals surface area contributed by atoms with E-state index in [4.69, 9.17) is 10.2 Å². The molecule has 2 aromatic rings. The normalized spacial score (nSPS) is 10.6. The van der Waals surface area contributed by atoms with Crippen molar-refractivity contribution in [3.8, 4) is 11.3 Å². The lowest BCUT2D eigenvalue weighted by atomic mass is 10.1. The molecule has 0 radical (unpaired) electrons. The van der Waals surface area contributed by atoms with Gasteiger partial charge in [0, 0.05) is 10.0 Å². The van der Waals surface area contributed by atoms with Gasteiger partial charge in [0.2, 0.25) is 5.89 Å². The lowest BCUT2D eigenvalue weighted by molar-refractivity contribution is 0.509. The molecular formula is C11H11BrN2O. The van der Waals surface area contributed by atoms with E-state index in [1.807, 2.05) is 25.1 Å². The molecule has 4 heteroatoms. The second-order valence-electron chi connectivity index (χ2n) is 3.23. The minimum atomic E-state index is 0.326. The van der Waals surface area contributed by atoms with Crippen LogP contribution in [0, 0.1) is 6.92 Å². The van der Waals surface area contributed by atoms with Crippen molar-refractivity contribution < 1.29 is 4.42 Å². The van der Waals surface area contributed by atoms with E-state index in [0.29, 0.717) is 12.4 Å². The zero-order valence-corrected chi connectivity index (χ0v) is 9.91. The summed E-state index contributed by atoms with van der Waals surface area (Å²) in [6.45, 7) is 2.36. The maximum absolute atomic E-state index is 5.50. The lowest BCUT2D eigenvalue weighted by Crippen LogP contribution is -1.94. The molecule has 0 saturated heterocycles. The second kappa shape index (κ2) is 4.16. The Morgan fingerprint density at radius 2 is 2.27 bits per heavy atom. The first-order valence-electron chi connectivity index (χ1n) is 4.62. The van der Waals surface area contributed by atoms with Crippen LogP contribution in [0.1, 0.15) is 11.5 Å². The Labute approximate surface area is 96.4 Å². The highest BCUT2D eigenvalue weighted by atomic mass is 79.9. The summed E-state index contributed by atoms with van der Waals surface area (Å²) in [5.41, 5.74) is 7.62. The van der Waals surface area contributed by atoms with Crippen molar-refractivity contribution in [2.24, 2.45) is 5.73 Å². The minimum absolute atomic E-state index is 0.326. The van der Waals surface area contributed by atoms with Gasteiger partial charge < -0.3 is 10.2 Å². The zero-order chi connectivity index (χ0) is 10.8. The molecule has 0 aliphatic rings. The first kappa shape index (κ1) is 10.4. The predicted molar refractivity (Wildman–Crippen MR) is 62.3 cm³/mol. The molecule has 0 aliphatic carbocycles. The molecule has 1 aromatic carbocycles. The summed E-state index contributed by atoms with van der Waals surface area (Å²) in [4.78, 5) is 4.07. The summed E-state index contributed by atoms with van der Waals surface area (Å²) in [5.74, 6) is 1.32. The number of nitrogens with two attached hydrogens (primary N) is 1. The van der Waals surface area contributed by atoms with Crippen molar-refractivity contribution in [3.63, 3.8) is 0 Å². The number of nitrogens with zero attached hydrogens (tertiary/aromatic N) is 1. The Morgan fingerprint density at radius 3 is 2.93 bits per heavy atom. The van der Waals surface area contributed by atoms with E-state index in [9.17, 15) is 0 Å². The fourth-order valence-corrected chi connectivity index (χ4v) is 1.77. The maximum Gasteiger partial charge on any atom is 0.208 e. The summed E-state index contributed by atoms with van der Waals surface area (Å²) in [6.07, 6.45) is 1.71. The van der Waals surface area contributed by atoms with Crippen LogP contribution in [0.15, 0.2) is 33.3 Å². The monoisotopic (exact) mass is 266 g/mol. The fraction of sp³-hybridized carbons (Fsp3) is 0.182. The van der Waals surface area contributed by atoms with E-state index in [2.05, 4.69) is 20.9 Å². The van der Waals surface area contributed by atoms with Crippen LogP contribution in [0.2, 0.25) is 0 Å². The first-order chi connectivity index (χ1) is 7.22.